The molecule has 0 aromatic carbocycles. The first-order valence-electron chi connectivity index (χ1n) is 6.73. The molecule has 3 rings (SSSR count). The molecule has 2 atom stereocenters. The summed E-state index contributed by atoms with van der Waals surface area (Å²) >= 11 is 0. The van der Waals surface area contributed by atoms with E-state index >= 15 is 0 Å². The number of hydrogen-bond acceptors (Lipinski definition) is 5. The second-order valence-electron chi connectivity index (χ2n) is 5.56. The number of nitrogens with two attached hydrogens (primary N) is 1. The van der Waals surface area contributed by atoms with Gasteiger partial charge in [0.2, 0.25) is 5.95 Å². The lowest BCUT2D eigenvalue weighted by Crippen LogP contribution is -2.27. The number of likely N-dealkylation sites (N-methyl/N-ethyl adjacent to an activating group) is 1. The molecule has 2 unspecified atom stereocenters. The molecule has 0 bridgehead atoms. The number of aromatic nitrogens is 2. The fraction of sp³-hybridized carbons (Fsp3) is 0.692. The van der Waals surface area contributed by atoms with E-state index in [-0.39, 0.29) is 6.04 Å². The van der Waals surface area contributed by atoms with Crippen molar-refractivity contribution >= 4 is 5.95 Å². The Morgan fingerprint density at radius 2 is 1.94 bits per heavy atom. The van der Waals surface area contributed by atoms with Crippen molar-refractivity contribution in [2.75, 3.05) is 38.1 Å². The van der Waals surface area contributed by atoms with E-state index in [4.69, 9.17) is 5.73 Å². The number of hydrogen-bond donors (Lipinski definition) is 1. The number of nitrogens with zero attached hydrogens (tertiary/aromatic N) is 4. The standard InChI is InChI=1S/C13H21N5/c1-17-4-2-10(8-17)11-6-15-13(16-7-11)18-5-3-12(14)9-18/h6-7,10,12H,2-5,8-9,14H2,1H3. The van der Waals surface area contributed by atoms with Crippen LogP contribution in [0.1, 0.15) is 24.3 Å². The van der Waals surface area contributed by atoms with Crippen LogP contribution in [-0.4, -0.2) is 54.1 Å². The largest absolute Gasteiger partial charge is 0.339 e. The number of rotatable bonds is 2. The zero-order chi connectivity index (χ0) is 12.5. The monoisotopic (exact) mass is 247 g/mol. The van der Waals surface area contributed by atoms with Gasteiger partial charge < -0.3 is 15.5 Å². The van der Waals surface area contributed by atoms with Gasteiger partial charge in [-0.15, -0.1) is 0 Å². The summed E-state index contributed by atoms with van der Waals surface area (Å²) in [6.07, 6.45) is 6.25. The fourth-order valence-electron chi connectivity index (χ4n) is 2.88. The molecule has 0 aliphatic carbocycles. The topological polar surface area (TPSA) is 58.3 Å². The van der Waals surface area contributed by atoms with Gasteiger partial charge in [-0.3, -0.25) is 0 Å². The Bertz CT molecular complexity index is 365. The molecule has 0 saturated carbocycles. The minimum absolute atomic E-state index is 0.275. The summed E-state index contributed by atoms with van der Waals surface area (Å²) in [7, 11) is 2.17. The quantitative estimate of drug-likeness (QED) is 0.821. The van der Waals surface area contributed by atoms with Gasteiger partial charge in [-0.1, -0.05) is 0 Å². The summed E-state index contributed by atoms with van der Waals surface area (Å²) in [5, 5.41) is 0. The van der Waals surface area contributed by atoms with E-state index < -0.39 is 0 Å². The molecule has 2 aliphatic heterocycles. The third-order valence-corrected chi connectivity index (χ3v) is 4.03. The van der Waals surface area contributed by atoms with E-state index in [2.05, 4.69) is 26.8 Å². The van der Waals surface area contributed by atoms with E-state index in [9.17, 15) is 0 Å². The molecule has 1 aromatic rings. The third-order valence-electron chi connectivity index (χ3n) is 4.03. The molecule has 5 nitrogen and oxygen atoms in total. The second kappa shape index (κ2) is 4.82. The van der Waals surface area contributed by atoms with Gasteiger partial charge >= 0.3 is 0 Å². The summed E-state index contributed by atoms with van der Waals surface area (Å²) < 4.78 is 0. The molecule has 2 saturated heterocycles. The van der Waals surface area contributed by atoms with E-state index in [0.717, 1.165) is 32.0 Å². The summed E-state index contributed by atoms with van der Waals surface area (Å²) in [5.41, 5.74) is 7.17. The Morgan fingerprint density at radius 1 is 1.17 bits per heavy atom. The van der Waals surface area contributed by atoms with Crippen LogP contribution < -0.4 is 10.6 Å². The summed E-state index contributed by atoms with van der Waals surface area (Å²) in [5.74, 6) is 1.43. The highest BCUT2D eigenvalue weighted by Gasteiger charge is 2.24. The average Bonchev–Trinajstić information content (AvgIpc) is 2.98. The van der Waals surface area contributed by atoms with Crippen molar-refractivity contribution in [2.45, 2.75) is 24.8 Å². The predicted octanol–water partition coefficient (Wildman–Crippen LogP) is 0.433. The Morgan fingerprint density at radius 3 is 2.50 bits per heavy atom. The highest BCUT2D eigenvalue weighted by atomic mass is 15.3. The van der Waals surface area contributed by atoms with E-state index in [1.165, 1.54) is 18.5 Å². The maximum atomic E-state index is 5.90. The van der Waals surface area contributed by atoms with Crippen LogP contribution in [-0.2, 0) is 0 Å². The zero-order valence-electron chi connectivity index (χ0n) is 10.9. The van der Waals surface area contributed by atoms with Crippen LogP contribution >= 0.6 is 0 Å². The fourth-order valence-corrected chi connectivity index (χ4v) is 2.88. The maximum absolute atomic E-state index is 5.90. The van der Waals surface area contributed by atoms with Gasteiger partial charge in [-0.05, 0) is 32.0 Å². The highest BCUT2D eigenvalue weighted by Crippen LogP contribution is 2.26. The molecule has 2 aliphatic rings. The lowest BCUT2D eigenvalue weighted by Gasteiger charge is -2.16. The average molecular weight is 247 g/mol. The van der Waals surface area contributed by atoms with Crippen LogP contribution in [0.2, 0.25) is 0 Å². The van der Waals surface area contributed by atoms with Gasteiger partial charge in [-0.25, -0.2) is 9.97 Å². The minimum atomic E-state index is 0.275. The van der Waals surface area contributed by atoms with E-state index in [0.29, 0.717) is 5.92 Å². The van der Waals surface area contributed by atoms with E-state index in [1.54, 1.807) is 0 Å². The van der Waals surface area contributed by atoms with Gasteiger partial charge in [0.25, 0.3) is 0 Å². The molecule has 18 heavy (non-hydrogen) atoms. The Labute approximate surface area is 108 Å². The summed E-state index contributed by atoms with van der Waals surface area (Å²) in [6, 6.07) is 0.275. The van der Waals surface area contributed by atoms with Gasteiger partial charge in [0.1, 0.15) is 0 Å². The molecule has 5 heteroatoms. The predicted molar refractivity (Wildman–Crippen MR) is 71.7 cm³/mol. The van der Waals surface area contributed by atoms with Crippen LogP contribution in [0.25, 0.3) is 0 Å². The van der Waals surface area contributed by atoms with Crippen molar-refractivity contribution in [1.82, 2.24) is 14.9 Å². The molecule has 3 heterocycles. The first-order valence-corrected chi connectivity index (χ1v) is 6.73. The van der Waals surface area contributed by atoms with Crippen molar-refractivity contribution in [2.24, 2.45) is 5.73 Å². The third kappa shape index (κ3) is 2.33. The van der Waals surface area contributed by atoms with Crippen LogP contribution in [0, 0.1) is 0 Å². The molecule has 98 valence electrons. The van der Waals surface area contributed by atoms with Crippen LogP contribution in [0.4, 0.5) is 5.95 Å². The number of anilines is 1. The molecule has 0 spiro atoms. The van der Waals surface area contributed by atoms with Crippen molar-refractivity contribution in [3.05, 3.63) is 18.0 Å². The summed E-state index contributed by atoms with van der Waals surface area (Å²) in [4.78, 5) is 13.5. The molecular weight excluding hydrogens is 226 g/mol. The minimum Gasteiger partial charge on any atom is -0.339 e. The Balaban J connectivity index is 1.69. The highest BCUT2D eigenvalue weighted by molar-refractivity contribution is 5.33. The smallest absolute Gasteiger partial charge is 0.225 e. The maximum Gasteiger partial charge on any atom is 0.225 e. The van der Waals surface area contributed by atoms with E-state index in [1.807, 2.05) is 12.4 Å². The van der Waals surface area contributed by atoms with Gasteiger partial charge in [0, 0.05) is 44.0 Å². The molecule has 1 aromatic heterocycles. The van der Waals surface area contributed by atoms with Crippen LogP contribution in [0.5, 0.6) is 0 Å². The first kappa shape index (κ1) is 11.9. The van der Waals surface area contributed by atoms with Crippen molar-refractivity contribution in [3.8, 4) is 0 Å². The second-order valence-corrected chi connectivity index (χ2v) is 5.56. The van der Waals surface area contributed by atoms with Gasteiger partial charge in [0.05, 0.1) is 0 Å². The molecule has 0 radical (unpaired) electrons. The van der Waals surface area contributed by atoms with Crippen molar-refractivity contribution in [1.29, 1.82) is 0 Å². The van der Waals surface area contributed by atoms with Crippen molar-refractivity contribution in [3.63, 3.8) is 0 Å². The Kier molecular flexibility index (Phi) is 3.18. The zero-order valence-corrected chi connectivity index (χ0v) is 10.9. The summed E-state index contributed by atoms with van der Waals surface area (Å²) in [6.45, 7) is 4.16. The van der Waals surface area contributed by atoms with Crippen molar-refractivity contribution < 1.29 is 0 Å². The SMILES string of the molecule is CN1CCC(c2cnc(N3CCC(N)C3)nc2)C1. The first-order chi connectivity index (χ1) is 8.72. The van der Waals surface area contributed by atoms with Gasteiger partial charge in [0.15, 0.2) is 0 Å². The molecule has 2 N–H and O–H groups in total. The molecular formula is C13H21N5. The van der Waals surface area contributed by atoms with Crippen LogP contribution in [0.3, 0.4) is 0 Å². The Hall–Kier alpha value is -1.20. The molecule has 0 amide bonds. The lowest BCUT2D eigenvalue weighted by molar-refractivity contribution is 0.411. The van der Waals surface area contributed by atoms with Crippen LogP contribution in [0.15, 0.2) is 12.4 Å². The normalized spacial score (nSPS) is 29.1. The van der Waals surface area contributed by atoms with Gasteiger partial charge in [-0.2, -0.15) is 0 Å². The lowest BCUT2D eigenvalue weighted by atomic mass is 10.0. The molecule has 2 fully saturated rings. The number of likely N-dealkylation sites (tertiary alicyclic amines) is 1.